The zero-order chi connectivity index (χ0) is 13.0. The van der Waals surface area contributed by atoms with Gasteiger partial charge in [-0.25, -0.2) is 0 Å². The van der Waals surface area contributed by atoms with Gasteiger partial charge in [-0.2, -0.15) is 0 Å². The van der Waals surface area contributed by atoms with Crippen LogP contribution in [0.1, 0.15) is 16.7 Å². The molecule has 1 aliphatic heterocycles. The van der Waals surface area contributed by atoms with Crippen molar-refractivity contribution < 1.29 is 4.74 Å². The Bertz CT molecular complexity index is 386. The first-order valence-corrected chi connectivity index (χ1v) is 6.71. The first-order valence-electron chi connectivity index (χ1n) is 6.71. The molecule has 0 aliphatic carbocycles. The molecule has 1 aromatic carbocycles. The number of nitrogens with zero attached hydrogens (tertiary/aromatic N) is 1. The Hall–Kier alpha value is -0.900. The van der Waals surface area contributed by atoms with Crippen molar-refractivity contribution in [2.75, 3.05) is 33.4 Å². The summed E-state index contributed by atoms with van der Waals surface area (Å²) >= 11 is 0. The monoisotopic (exact) mass is 248 g/mol. The molecule has 0 amide bonds. The van der Waals surface area contributed by atoms with Crippen molar-refractivity contribution >= 4 is 0 Å². The van der Waals surface area contributed by atoms with E-state index in [2.05, 4.69) is 49.3 Å². The van der Waals surface area contributed by atoms with E-state index in [-0.39, 0.29) is 0 Å². The summed E-state index contributed by atoms with van der Waals surface area (Å²) < 4.78 is 5.48. The highest BCUT2D eigenvalue weighted by Gasteiger charge is 2.15. The molecule has 3 nitrogen and oxygen atoms in total. The van der Waals surface area contributed by atoms with Crippen molar-refractivity contribution in [2.24, 2.45) is 0 Å². The number of morpholine rings is 1. The van der Waals surface area contributed by atoms with Crippen LogP contribution in [0.4, 0.5) is 0 Å². The SMILES string of the molecule is Cc1ccc(CN(C)CC2COCCN2)c(C)c1. The van der Waals surface area contributed by atoms with Crippen molar-refractivity contribution in [1.29, 1.82) is 0 Å². The third kappa shape index (κ3) is 3.80. The highest BCUT2D eigenvalue weighted by Crippen LogP contribution is 2.12. The zero-order valence-corrected chi connectivity index (χ0v) is 11.7. The molecule has 1 atom stereocenters. The Kier molecular flexibility index (Phi) is 4.75. The van der Waals surface area contributed by atoms with Crippen LogP contribution < -0.4 is 5.32 Å². The predicted octanol–water partition coefficient (Wildman–Crippen LogP) is 1.72. The van der Waals surface area contributed by atoms with Gasteiger partial charge in [0.25, 0.3) is 0 Å². The van der Waals surface area contributed by atoms with Crippen LogP contribution in [0.2, 0.25) is 0 Å². The summed E-state index contributed by atoms with van der Waals surface area (Å²) in [6.07, 6.45) is 0. The number of aryl methyl sites for hydroxylation is 2. The summed E-state index contributed by atoms with van der Waals surface area (Å²) in [6.45, 7) is 9.02. The zero-order valence-electron chi connectivity index (χ0n) is 11.7. The van der Waals surface area contributed by atoms with Crippen molar-refractivity contribution in [3.05, 3.63) is 34.9 Å². The second kappa shape index (κ2) is 6.32. The van der Waals surface area contributed by atoms with Gasteiger partial charge in [-0.3, -0.25) is 0 Å². The van der Waals surface area contributed by atoms with Gasteiger partial charge in [0.2, 0.25) is 0 Å². The number of likely N-dealkylation sites (N-methyl/N-ethyl adjacent to an activating group) is 1. The fraction of sp³-hybridized carbons (Fsp3) is 0.600. The molecule has 18 heavy (non-hydrogen) atoms. The molecule has 2 rings (SSSR count). The third-order valence-electron chi connectivity index (χ3n) is 3.47. The molecule has 1 N–H and O–H groups in total. The molecule has 1 unspecified atom stereocenters. The number of nitrogens with one attached hydrogen (secondary N) is 1. The lowest BCUT2D eigenvalue weighted by Gasteiger charge is -2.28. The van der Waals surface area contributed by atoms with E-state index in [4.69, 9.17) is 4.74 Å². The Labute approximate surface area is 110 Å². The van der Waals surface area contributed by atoms with E-state index in [1.807, 2.05) is 0 Å². The van der Waals surface area contributed by atoms with Gasteiger partial charge in [-0.15, -0.1) is 0 Å². The summed E-state index contributed by atoms with van der Waals surface area (Å²) in [6, 6.07) is 7.16. The van der Waals surface area contributed by atoms with Crippen LogP contribution in [0.25, 0.3) is 0 Å². The Balaban J connectivity index is 1.87. The molecule has 1 fully saturated rings. The van der Waals surface area contributed by atoms with Gasteiger partial charge >= 0.3 is 0 Å². The quantitative estimate of drug-likeness (QED) is 0.878. The Morgan fingerprint density at radius 1 is 1.39 bits per heavy atom. The van der Waals surface area contributed by atoms with Crippen molar-refractivity contribution in [2.45, 2.75) is 26.4 Å². The van der Waals surface area contributed by atoms with E-state index in [0.717, 1.165) is 32.8 Å². The minimum Gasteiger partial charge on any atom is -0.378 e. The summed E-state index contributed by atoms with van der Waals surface area (Å²) in [5, 5.41) is 3.49. The first kappa shape index (κ1) is 13.5. The average molecular weight is 248 g/mol. The van der Waals surface area contributed by atoms with E-state index in [1.54, 1.807) is 0 Å². The first-order chi connectivity index (χ1) is 8.65. The van der Waals surface area contributed by atoms with Gasteiger partial charge < -0.3 is 15.0 Å². The van der Waals surface area contributed by atoms with Crippen LogP contribution >= 0.6 is 0 Å². The topological polar surface area (TPSA) is 24.5 Å². The summed E-state index contributed by atoms with van der Waals surface area (Å²) in [4.78, 5) is 2.37. The molecular formula is C15H24N2O. The van der Waals surface area contributed by atoms with E-state index in [9.17, 15) is 0 Å². The summed E-state index contributed by atoms with van der Waals surface area (Å²) in [5.74, 6) is 0. The molecule has 1 heterocycles. The van der Waals surface area contributed by atoms with Crippen molar-refractivity contribution in [1.82, 2.24) is 10.2 Å². The Morgan fingerprint density at radius 2 is 2.22 bits per heavy atom. The Morgan fingerprint density at radius 3 is 2.89 bits per heavy atom. The lowest BCUT2D eigenvalue weighted by Crippen LogP contribution is -2.47. The summed E-state index contributed by atoms with van der Waals surface area (Å²) in [5.41, 5.74) is 4.13. The molecule has 0 bridgehead atoms. The minimum absolute atomic E-state index is 0.467. The van der Waals surface area contributed by atoms with Gasteiger partial charge in [-0.05, 0) is 32.0 Å². The molecule has 1 aromatic rings. The van der Waals surface area contributed by atoms with Gasteiger partial charge in [0.05, 0.1) is 13.2 Å². The van der Waals surface area contributed by atoms with Crippen LogP contribution in [-0.4, -0.2) is 44.3 Å². The van der Waals surface area contributed by atoms with Gasteiger partial charge in [0.1, 0.15) is 0 Å². The van der Waals surface area contributed by atoms with Crippen LogP contribution in [0.5, 0.6) is 0 Å². The van der Waals surface area contributed by atoms with E-state index in [1.165, 1.54) is 16.7 Å². The lowest BCUT2D eigenvalue weighted by molar-refractivity contribution is 0.0645. The molecular weight excluding hydrogens is 224 g/mol. The smallest absolute Gasteiger partial charge is 0.0632 e. The van der Waals surface area contributed by atoms with Crippen LogP contribution in [0.3, 0.4) is 0 Å². The van der Waals surface area contributed by atoms with Crippen LogP contribution in [-0.2, 0) is 11.3 Å². The maximum Gasteiger partial charge on any atom is 0.0632 e. The molecule has 0 saturated carbocycles. The lowest BCUT2D eigenvalue weighted by atomic mass is 10.1. The average Bonchev–Trinajstić information content (AvgIpc) is 2.34. The van der Waals surface area contributed by atoms with Crippen molar-refractivity contribution in [3.8, 4) is 0 Å². The van der Waals surface area contributed by atoms with E-state index < -0.39 is 0 Å². The maximum atomic E-state index is 5.48. The van der Waals surface area contributed by atoms with Gasteiger partial charge in [-0.1, -0.05) is 23.8 Å². The third-order valence-corrected chi connectivity index (χ3v) is 3.47. The second-order valence-corrected chi connectivity index (χ2v) is 5.35. The van der Waals surface area contributed by atoms with Crippen LogP contribution in [0.15, 0.2) is 18.2 Å². The number of hydrogen-bond donors (Lipinski definition) is 1. The second-order valence-electron chi connectivity index (χ2n) is 5.35. The number of ether oxygens (including phenoxy) is 1. The van der Waals surface area contributed by atoms with E-state index in [0.29, 0.717) is 6.04 Å². The molecule has 1 aliphatic rings. The standard InChI is InChI=1S/C15H24N2O/c1-12-4-5-14(13(2)8-12)9-17(3)10-15-11-18-7-6-16-15/h4-5,8,15-16H,6-7,9-11H2,1-3H3. The van der Waals surface area contributed by atoms with E-state index >= 15 is 0 Å². The molecule has 100 valence electrons. The fourth-order valence-corrected chi connectivity index (χ4v) is 2.49. The highest BCUT2D eigenvalue weighted by molar-refractivity contribution is 5.30. The molecule has 0 radical (unpaired) electrons. The number of hydrogen-bond acceptors (Lipinski definition) is 3. The van der Waals surface area contributed by atoms with Crippen LogP contribution in [0, 0.1) is 13.8 Å². The van der Waals surface area contributed by atoms with Crippen molar-refractivity contribution in [3.63, 3.8) is 0 Å². The molecule has 3 heteroatoms. The van der Waals surface area contributed by atoms with Gasteiger partial charge in [0.15, 0.2) is 0 Å². The predicted molar refractivity (Wildman–Crippen MR) is 74.9 cm³/mol. The maximum absolute atomic E-state index is 5.48. The fourth-order valence-electron chi connectivity index (χ4n) is 2.49. The molecule has 0 aromatic heterocycles. The normalized spacial score (nSPS) is 20.3. The number of benzene rings is 1. The summed E-state index contributed by atoms with van der Waals surface area (Å²) in [7, 11) is 2.18. The van der Waals surface area contributed by atoms with Gasteiger partial charge in [0, 0.05) is 25.7 Å². The highest BCUT2D eigenvalue weighted by atomic mass is 16.5. The molecule has 0 spiro atoms. The number of rotatable bonds is 4. The largest absolute Gasteiger partial charge is 0.378 e. The molecule has 1 saturated heterocycles. The minimum atomic E-state index is 0.467.